The van der Waals surface area contributed by atoms with Crippen LogP contribution in [0.4, 0.5) is 0 Å². The molecule has 1 atom stereocenters. The lowest BCUT2D eigenvalue weighted by Gasteiger charge is -2.24. The Hall–Kier alpha value is -0.750. The first-order chi connectivity index (χ1) is 17.8. The van der Waals surface area contributed by atoms with Gasteiger partial charge in [-0.05, 0) is 45.8 Å². The van der Waals surface area contributed by atoms with Crippen LogP contribution in [0.5, 0.6) is 0 Å². The van der Waals surface area contributed by atoms with Gasteiger partial charge in [-0.1, -0.05) is 110 Å². The summed E-state index contributed by atoms with van der Waals surface area (Å²) in [5, 5.41) is -0.0285. The van der Waals surface area contributed by atoms with E-state index in [9.17, 15) is 9.59 Å². The van der Waals surface area contributed by atoms with Crippen molar-refractivity contribution in [3.8, 4) is 0 Å². The zero-order valence-corrected chi connectivity index (χ0v) is 25.9. The van der Waals surface area contributed by atoms with Crippen LogP contribution in [-0.4, -0.2) is 53.5 Å². The third-order valence-corrected chi connectivity index (χ3v) is 8.07. The third kappa shape index (κ3) is 25.3. The number of amides is 1. The topological polar surface area (TPSA) is 72.6 Å². The molecule has 0 aliphatic heterocycles. The Bertz CT molecular complexity index is 525. The Kier molecular flexibility index (Phi) is 25.0. The molecule has 0 bridgehead atoms. The van der Waals surface area contributed by atoms with Gasteiger partial charge in [0.2, 0.25) is 6.41 Å². The van der Waals surface area contributed by atoms with E-state index in [1.807, 2.05) is 20.8 Å². The minimum absolute atomic E-state index is 0.0285. The summed E-state index contributed by atoms with van der Waals surface area (Å²) in [6.07, 6.45) is 24.9. The first kappa shape index (κ1) is 36.2. The van der Waals surface area contributed by atoms with E-state index in [1.54, 1.807) is 16.7 Å². The summed E-state index contributed by atoms with van der Waals surface area (Å²) in [7, 11) is 0. The highest BCUT2D eigenvalue weighted by atomic mass is 32.2. The Morgan fingerprint density at radius 1 is 0.784 bits per heavy atom. The molecule has 0 aromatic carbocycles. The van der Waals surface area contributed by atoms with E-state index in [1.165, 1.54) is 89.9 Å². The zero-order valence-electron chi connectivity index (χ0n) is 25.1. The summed E-state index contributed by atoms with van der Waals surface area (Å²) in [5.41, 5.74) is 5.10. The molecular formula is C31H62N2O3S. The second-order valence-corrected chi connectivity index (χ2v) is 12.9. The molecular weight excluding hydrogens is 480 g/mol. The van der Waals surface area contributed by atoms with E-state index in [2.05, 4.69) is 6.92 Å². The fourth-order valence-electron chi connectivity index (χ4n) is 4.54. The van der Waals surface area contributed by atoms with Crippen molar-refractivity contribution < 1.29 is 14.3 Å². The molecule has 37 heavy (non-hydrogen) atoms. The van der Waals surface area contributed by atoms with E-state index >= 15 is 0 Å². The van der Waals surface area contributed by atoms with E-state index in [4.69, 9.17) is 10.5 Å². The molecule has 0 aromatic heterocycles. The van der Waals surface area contributed by atoms with Gasteiger partial charge < -0.3 is 15.4 Å². The van der Waals surface area contributed by atoms with E-state index in [0.29, 0.717) is 13.1 Å². The maximum absolute atomic E-state index is 12.8. The Balaban J connectivity index is 3.98. The molecule has 2 N–H and O–H groups in total. The zero-order chi connectivity index (χ0) is 27.6. The molecule has 0 heterocycles. The van der Waals surface area contributed by atoms with E-state index in [0.717, 1.165) is 50.8 Å². The molecule has 5 nitrogen and oxygen atoms in total. The minimum atomic E-state index is -0.421. The maximum Gasteiger partial charge on any atom is 0.319 e. The fraction of sp³-hybridized carbons (Fsp3) is 0.935. The highest BCUT2D eigenvalue weighted by molar-refractivity contribution is 8.00. The molecule has 1 unspecified atom stereocenters. The number of esters is 1. The van der Waals surface area contributed by atoms with Gasteiger partial charge >= 0.3 is 5.97 Å². The number of hydrogen-bond acceptors (Lipinski definition) is 5. The number of unbranched alkanes of at least 4 members (excludes halogenated alkanes) is 16. The highest BCUT2D eigenvalue weighted by Crippen LogP contribution is 2.24. The number of thioether (sulfide) groups is 1. The normalized spacial score (nSPS) is 12.5. The van der Waals surface area contributed by atoms with Gasteiger partial charge in [0.25, 0.3) is 0 Å². The van der Waals surface area contributed by atoms with Crippen LogP contribution in [0.2, 0.25) is 0 Å². The maximum atomic E-state index is 12.8. The molecule has 0 saturated heterocycles. The van der Waals surface area contributed by atoms with Crippen LogP contribution in [0.3, 0.4) is 0 Å². The van der Waals surface area contributed by atoms with Crippen molar-refractivity contribution in [2.45, 2.75) is 161 Å². The molecule has 0 rings (SSSR count). The molecule has 1 amide bonds. The Morgan fingerprint density at radius 2 is 1.27 bits per heavy atom. The van der Waals surface area contributed by atoms with Crippen LogP contribution in [0, 0.1) is 0 Å². The van der Waals surface area contributed by atoms with Crippen LogP contribution >= 0.6 is 11.8 Å². The van der Waals surface area contributed by atoms with Crippen LogP contribution in [0.15, 0.2) is 0 Å². The number of carbonyl (C=O) groups is 2. The molecule has 0 spiro atoms. The van der Waals surface area contributed by atoms with E-state index in [-0.39, 0.29) is 11.2 Å². The number of nitrogens with zero attached hydrogens (tertiary/aromatic N) is 1. The summed E-state index contributed by atoms with van der Waals surface area (Å²) >= 11 is 1.80. The minimum Gasteiger partial charge on any atom is -0.459 e. The summed E-state index contributed by atoms with van der Waals surface area (Å²) < 4.78 is 5.73. The predicted octanol–water partition coefficient (Wildman–Crippen LogP) is 8.28. The van der Waals surface area contributed by atoms with Crippen molar-refractivity contribution in [3.63, 3.8) is 0 Å². The van der Waals surface area contributed by atoms with Gasteiger partial charge in [0.05, 0.1) is 0 Å². The van der Waals surface area contributed by atoms with Crippen molar-refractivity contribution in [2.24, 2.45) is 5.73 Å². The van der Waals surface area contributed by atoms with Crippen molar-refractivity contribution in [3.05, 3.63) is 0 Å². The first-order valence-electron chi connectivity index (χ1n) is 15.6. The van der Waals surface area contributed by atoms with Gasteiger partial charge in [-0.25, -0.2) is 0 Å². The fourth-order valence-corrected chi connectivity index (χ4v) is 5.71. The lowest BCUT2D eigenvalue weighted by Crippen LogP contribution is -2.30. The molecule has 6 heteroatoms. The van der Waals surface area contributed by atoms with Crippen LogP contribution in [-0.2, 0) is 14.3 Å². The van der Waals surface area contributed by atoms with Crippen LogP contribution in [0.1, 0.15) is 150 Å². The SMILES string of the molecule is CCCCCCCCCCCCCCC(SCCCCCCCCN(C=O)CCN)C(=O)OC(C)(C)C. The quantitative estimate of drug-likeness (QED) is 0.0642. The summed E-state index contributed by atoms with van der Waals surface area (Å²) in [5.74, 6) is 0.996. The van der Waals surface area contributed by atoms with Gasteiger partial charge in [-0.3, -0.25) is 9.59 Å². The van der Waals surface area contributed by atoms with Gasteiger partial charge in [-0.2, -0.15) is 0 Å². The Morgan fingerprint density at radius 3 is 1.76 bits per heavy atom. The average molecular weight is 543 g/mol. The number of nitrogens with two attached hydrogens (primary N) is 1. The number of hydrogen-bond donors (Lipinski definition) is 1. The standard InChI is InChI=1S/C31H62N2O3S/c1-5-6-7-8-9-10-11-12-13-14-17-20-23-29(30(35)36-31(2,3)4)37-27-22-19-16-15-18-21-25-33(28-34)26-24-32/h28-29H,5-27,32H2,1-4H3. The van der Waals surface area contributed by atoms with Gasteiger partial charge in [0, 0.05) is 19.6 Å². The summed E-state index contributed by atoms with van der Waals surface area (Å²) in [4.78, 5) is 25.5. The van der Waals surface area contributed by atoms with E-state index < -0.39 is 5.60 Å². The van der Waals surface area contributed by atoms with Gasteiger partial charge in [0.15, 0.2) is 0 Å². The summed E-state index contributed by atoms with van der Waals surface area (Å²) in [6, 6.07) is 0. The molecule has 0 aliphatic rings. The van der Waals surface area contributed by atoms with Crippen molar-refractivity contribution in [1.82, 2.24) is 4.90 Å². The molecule has 0 aliphatic carbocycles. The molecule has 0 fully saturated rings. The lowest BCUT2D eigenvalue weighted by molar-refractivity contribution is -0.154. The summed E-state index contributed by atoms with van der Waals surface area (Å²) in [6.45, 7) is 10.1. The molecule has 0 aromatic rings. The first-order valence-corrected chi connectivity index (χ1v) is 16.6. The second kappa shape index (κ2) is 25.5. The number of carbonyl (C=O) groups excluding carboxylic acids is 2. The van der Waals surface area contributed by atoms with Crippen molar-refractivity contribution in [1.29, 1.82) is 0 Å². The van der Waals surface area contributed by atoms with Crippen LogP contribution in [0.25, 0.3) is 0 Å². The molecule has 0 saturated carbocycles. The second-order valence-electron chi connectivity index (χ2n) is 11.6. The third-order valence-electron chi connectivity index (χ3n) is 6.71. The molecule has 220 valence electrons. The number of rotatable bonds is 27. The van der Waals surface area contributed by atoms with Crippen LogP contribution < -0.4 is 5.73 Å². The monoisotopic (exact) mass is 542 g/mol. The smallest absolute Gasteiger partial charge is 0.319 e. The average Bonchev–Trinajstić information content (AvgIpc) is 2.85. The van der Waals surface area contributed by atoms with Crippen molar-refractivity contribution in [2.75, 3.05) is 25.4 Å². The lowest BCUT2D eigenvalue weighted by atomic mass is 10.0. The largest absolute Gasteiger partial charge is 0.459 e. The highest BCUT2D eigenvalue weighted by Gasteiger charge is 2.25. The molecule has 0 radical (unpaired) electrons. The Labute approximate surface area is 234 Å². The van der Waals surface area contributed by atoms with Gasteiger partial charge in [-0.15, -0.1) is 11.8 Å². The van der Waals surface area contributed by atoms with Crippen molar-refractivity contribution >= 4 is 24.1 Å². The predicted molar refractivity (Wildman–Crippen MR) is 162 cm³/mol. The number of ether oxygens (including phenoxy) is 1. The van der Waals surface area contributed by atoms with Gasteiger partial charge in [0.1, 0.15) is 10.9 Å².